The molecule has 0 aromatic carbocycles. The summed E-state index contributed by atoms with van der Waals surface area (Å²) in [6, 6.07) is 2.53. The third kappa shape index (κ3) is 3.43. The van der Waals surface area contributed by atoms with E-state index < -0.39 is 0 Å². The van der Waals surface area contributed by atoms with Gasteiger partial charge in [-0.3, -0.25) is 4.90 Å². The summed E-state index contributed by atoms with van der Waals surface area (Å²) in [7, 11) is 0. The Hall–Kier alpha value is -1.00. The Kier molecular flexibility index (Phi) is 4.86. The van der Waals surface area contributed by atoms with Gasteiger partial charge < -0.3 is 5.32 Å². The van der Waals surface area contributed by atoms with Crippen LogP contribution in [0.5, 0.6) is 0 Å². The molecule has 2 heterocycles. The molecule has 116 valence electrons. The zero-order valence-electron chi connectivity index (χ0n) is 13.2. The fourth-order valence-electron chi connectivity index (χ4n) is 4.03. The second-order valence-corrected chi connectivity index (χ2v) is 6.70. The van der Waals surface area contributed by atoms with Gasteiger partial charge in [0.25, 0.3) is 0 Å². The highest BCUT2D eigenvalue weighted by molar-refractivity contribution is 5.02. The average molecular weight is 288 g/mol. The number of hydrogen-bond acceptors (Lipinski definition) is 4. The van der Waals surface area contributed by atoms with Gasteiger partial charge in [0.1, 0.15) is 5.82 Å². The highest BCUT2D eigenvalue weighted by Crippen LogP contribution is 2.36. The number of rotatable bonds is 4. The van der Waals surface area contributed by atoms with Gasteiger partial charge in [-0.1, -0.05) is 32.6 Å². The third-order valence-corrected chi connectivity index (χ3v) is 5.20. The molecule has 1 N–H and O–H groups in total. The molecule has 21 heavy (non-hydrogen) atoms. The Balaban J connectivity index is 1.75. The van der Waals surface area contributed by atoms with Gasteiger partial charge in [0.2, 0.25) is 0 Å². The van der Waals surface area contributed by atoms with E-state index in [1.807, 2.05) is 18.5 Å². The lowest BCUT2D eigenvalue weighted by Crippen LogP contribution is -2.64. The quantitative estimate of drug-likeness (QED) is 0.925. The van der Waals surface area contributed by atoms with Gasteiger partial charge in [-0.2, -0.15) is 0 Å². The van der Waals surface area contributed by atoms with Crippen LogP contribution in [0.3, 0.4) is 0 Å². The van der Waals surface area contributed by atoms with Crippen LogP contribution < -0.4 is 5.32 Å². The van der Waals surface area contributed by atoms with Crippen LogP contribution in [0.1, 0.15) is 57.7 Å². The first kappa shape index (κ1) is 14.9. The molecule has 0 bridgehead atoms. The molecule has 4 heteroatoms. The lowest BCUT2D eigenvalue weighted by atomic mass is 9.78. The maximum Gasteiger partial charge on any atom is 0.142 e. The largest absolute Gasteiger partial charge is 0.311 e. The maximum absolute atomic E-state index is 4.45. The molecule has 1 aromatic heterocycles. The second kappa shape index (κ2) is 6.84. The smallest absolute Gasteiger partial charge is 0.142 e. The molecule has 1 aliphatic carbocycles. The lowest BCUT2D eigenvalue weighted by Gasteiger charge is -2.52. The zero-order valence-corrected chi connectivity index (χ0v) is 13.2. The highest BCUT2D eigenvalue weighted by atomic mass is 15.3. The van der Waals surface area contributed by atoms with Crippen molar-refractivity contribution in [2.45, 2.75) is 70.0 Å². The summed E-state index contributed by atoms with van der Waals surface area (Å²) in [5, 5.41) is 3.81. The average Bonchev–Trinajstić information content (AvgIpc) is 2.53. The highest BCUT2D eigenvalue weighted by Gasteiger charge is 2.42. The van der Waals surface area contributed by atoms with Crippen LogP contribution in [0, 0.1) is 0 Å². The van der Waals surface area contributed by atoms with Gasteiger partial charge in [-0.05, 0) is 25.3 Å². The standard InChI is InChI=1S/C17H28N4/c1-2-7-15-12-21(13-16-18-10-6-11-19-16)17(14-20-15)8-4-3-5-9-17/h6,10-11,15,20H,2-5,7-9,12-14H2,1H3. The van der Waals surface area contributed by atoms with Crippen molar-refractivity contribution in [1.82, 2.24) is 20.2 Å². The minimum absolute atomic E-state index is 0.349. The van der Waals surface area contributed by atoms with Crippen LogP contribution in [0.25, 0.3) is 0 Å². The van der Waals surface area contributed by atoms with E-state index in [1.54, 1.807) is 0 Å². The summed E-state index contributed by atoms with van der Waals surface area (Å²) in [5.41, 5.74) is 0.349. The summed E-state index contributed by atoms with van der Waals surface area (Å²) < 4.78 is 0. The van der Waals surface area contributed by atoms with Crippen LogP contribution in [0.2, 0.25) is 0 Å². The normalized spacial score (nSPS) is 26.0. The summed E-state index contributed by atoms with van der Waals surface area (Å²) in [4.78, 5) is 11.6. The van der Waals surface area contributed by atoms with E-state index in [0.717, 1.165) is 25.5 Å². The molecular formula is C17H28N4. The van der Waals surface area contributed by atoms with Crippen LogP contribution in [0.15, 0.2) is 18.5 Å². The summed E-state index contributed by atoms with van der Waals surface area (Å²) in [6.45, 7) is 5.47. The van der Waals surface area contributed by atoms with E-state index in [2.05, 4.69) is 27.1 Å². The summed E-state index contributed by atoms with van der Waals surface area (Å²) in [5.74, 6) is 0.972. The van der Waals surface area contributed by atoms with Crippen LogP contribution >= 0.6 is 0 Å². The fraction of sp³-hybridized carbons (Fsp3) is 0.765. The van der Waals surface area contributed by atoms with Crippen LogP contribution in [0.4, 0.5) is 0 Å². The Morgan fingerprint density at radius 1 is 1.24 bits per heavy atom. The van der Waals surface area contributed by atoms with Crippen molar-refractivity contribution in [2.75, 3.05) is 13.1 Å². The van der Waals surface area contributed by atoms with Gasteiger partial charge in [-0.25, -0.2) is 9.97 Å². The first-order valence-electron chi connectivity index (χ1n) is 8.57. The third-order valence-electron chi connectivity index (χ3n) is 5.20. The van der Waals surface area contributed by atoms with Crippen LogP contribution in [-0.4, -0.2) is 39.5 Å². The molecule has 1 saturated heterocycles. The molecule has 4 nitrogen and oxygen atoms in total. The first-order valence-corrected chi connectivity index (χ1v) is 8.57. The number of nitrogens with zero attached hydrogens (tertiary/aromatic N) is 3. The van der Waals surface area contributed by atoms with E-state index in [-0.39, 0.29) is 0 Å². The fourth-order valence-corrected chi connectivity index (χ4v) is 4.03. The Morgan fingerprint density at radius 2 is 2.00 bits per heavy atom. The first-order chi connectivity index (χ1) is 10.3. The number of aromatic nitrogens is 2. The van der Waals surface area contributed by atoms with E-state index >= 15 is 0 Å². The number of piperazine rings is 1. The SMILES string of the molecule is CCCC1CN(Cc2ncccn2)C2(CCCCC2)CN1. The molecule has 1 spiro atoms. The van der Waals surface area contributed by atoms with Crippen molar-refractivity contribution < 1.29 is 0 Å². The Bertz CT molecular complexity index is 428. The van der Waals surface area contributed by atoms with E-state index in [4.69, 9.17) is 0 Å². The predicted octanol–water partition coefficient (Wildman–Crippen LogP) is 2.75. The molecule has 1 atom stereocenters. The second-order valence-electron chi connectivity index (χ2n) is 6.70. The monoisotopic (exact) mass is 288 g/mol. The van der Waals surface area contributed by atoms with Gasteiger partial charge in [0.15, 0.2) is 0 Å². The topological polar surface area (TPSA) is 41.1 Å². The zero-order chi connectivity index (χ0) is 14.5. The van der Waals surface area contributed by atoms with E-state index in [0.29, 0.717) is 11.6 Å². The van der Waals surface area contributed by atoms with Gasteiger partial charge in [0.05, 0.1) is 6.54 Å². The molecule has 1 aliphatic heterocycles. The van der Waals surface area contributed by atoms with Crippen molar-refractivity contribution >= 4 is 0 Å². The van der Waals surface area contributed by atoms with Crippen molar-refractivity contribution in [3.05, 3.63) is 24.3 Å². The minimum atomic E-state index is 0.349. The van der Waals surface area contributed by atoms with Gasteiger partial charge >= 0.3 is 0 Å². The Morgan fingerprint density at radius 3 is 2.71 bits per heavy atom. The molecule has 2 aliphatic rings. The van der Waals surface area contributed by atoms with Crippen molar-refractivity contribution in [3.8, 4) is 0 Å². The van der Waals surface area contributed by atoms with Crippen molar-refractivity contribution in [2.24, 2.45) is 0 Å². The number of hydrogen-bond donors (Lipinski definition) is 1. The summed E-state index contributed by atoms with van der Waals surface area (Å²) >= 11 is 0. The molecule has 1 aromatic rings. The van der Waals surface area contributed by atoms with Gasteiger partial charge in [0, 0.05) is 37.1 Å². The van der Waals surface area contributed by atoms with E-state index in [9.17, 15) is 0 Å². The number of nitrogens with one attached hydrogen (secondary N) is 1. The van der Waals surface area contributed by atoms with Crippen molar-refractivity contribution in [1.29, 1.82) is 0 Å². The molecule has 1 unspecified atom stereocenters. The summed E-state index contributed by atoms with van der Waals surface area (Å²) in [6.07, 6.45) is 13.0. The minimum Gasteiger partial charge on any atom is -0.311 e. The van der Waals surface area contributed by atoms with E-state index in [1.165, 1.54) is 44.9 Å². The molecule has 2 fully saturated rings. The predicted molar refractivity (Wildman–Crippen MR) is 85.0 cm³/mol. The molecule has 0 amide bonds. The van der Waals surface area contributed by atoms with Crippen LogP contribution in [-0.2, 0) is 6.54 Å². The molecule has 1 saturated carbocycles. The molecule has 0 radical (unpaired) electrons. The molecular weight excluding hydrogens is 260 g/mol. The lowest BCUT2D eigenvalue weighted by molar-refractivity contribution is 0.0000912. The van der Waals surface area contributed by atoms with Crippen molar-refractivity contribution in [3.63, 3.8) is 0 Å². The van der Waals surface area contributed by atoms with Gasteiger partial charge in [-0.15, -0.1) is 0 Å². The Labute approximate surface area is 128 Å². The molecule has 3 rings (SSSR count). The maximum atomic E-state index is 4.45.